The number of aryl methyl sites for hydroxylation is 1. The molecule has 0 saturated heterocycles. The van der Waals surface area contributed by atoms with E-state index in [9.17, 15) is 0 Å². The fourth-order valence-electron chi connectivity index (χ4n) is 1.73. The van der Waals surface area contributed by atoms with E-state index >= 15 is 0 Å². The number of methoxy groups -OCH3 is 1. The molecular formula is C14H20N4O2. The molecule has 0 atom stereocenters. The van der Waals surface area contributed by atoms with Crippen molar-refractivity contribution in [2.24, 2.45) is 0 Å². The molecule has 0 saturated carbocycles. The van der Waals surface area contributed by atoms with Gasteiger partial charge in [0.15, 0.2) is 0 Å². The summed E-state index contributed by atoms with van der Waals surface area (Å²) in [5.41, 5.74) is 3.39. The zero-order valence-corrected chi connectivity index (χ0v) is 11.8. The Morgan fingerprint density at radius 2 is 2.10 bits per heavy atom. The lowest BCUT2D eigenvalue weighted by molar-refractivity contribution is 0.143. The van der Waals surface area contributed by atoms with Crippen molar-refractivity contribution < 1.29 is 9.47 Å². The van der Waals surface area contributed by atoms with Gasteiger partial charge in [-0.15, -0.1) is 0 Å². The molecule has 0 radical (unpaired) electrons. The van der Waals surface area contributed by atoms with Crippen molar-refractivity contribution in [2.45, 2.75) is 20.0 Å². The van der Waals surface area contributed by atoms with E-state index in [4.69, 9.17) is 9.47 Å². The molecular weight excluding hydrogens is 256 g/mol. The van der Waals surface area contributed by atoms with E-state index in [1.807, 2.05) is 31.5 Å². The normalized spacial score (nSPS) is 10.7. The fourth-order valence-corrected chi connectivity index (χ4v) is 1.73. The smallest absolute Gasteiger partial charge is 0.213 e. The minimum Gasteiger partial charge on any atom is -0.475 e. The van der Waals surface area contributed by atoms with E-state index in [0.29, 0.717) is 19.1 Å². The van der Waals surface area contributed by atoms with E-state index in [2.05, 4.69) is 20.5 Å². The molecule has 0 spiro atoms. The Labute approximate surface area is 118 Å². The molecule has 2 rings (SSSR count). The summed E-state index contributed by atoms with van der Waals surface area (Å²) in [5.74, 6) is 0.622. The Bertz CT molecular complexity index is 510. The van der Waals surface area contributed by atoms with Gasteiger partial charge in [0.2, 0.25) is 5.88 Å². The quantitative estimate of drug-likeness (QED) is 0.714. The van der Waals surface area contributed by atoms with Crippen LogP contribution in [0.2, 0.25) is 0 Å². The van der Waals surface area contributed by atoms with Gasteiger partial charge in [-0.2, -0.15) is 5.10 Å². The van der Waals surface area contributed by atoms with Crippen LogP contribution in [0.3, 0.4) is 0 Å². The minimum absolute atomic E-state index is 0.515. The summed E-state index contributed by atoms with van der Waals surface area (Å²) in [5, 5.41) is 10.3. The summed E-state index contributed by atoms with van der Waals surface area (Å²) < 4.78 is 10.3. The minimum atomic E-state index is 0.515. The van der Waals surface area contributed by atoms with Crippen molar-refractivity contribution >= 4 is 0 Å². The summed E-state index contributed by atoms with van der Waals surface area (Å²) in [6, 6.07) is 3.88. The molecule has 0 aromatic carbocycles. The SMILES string of the molecule is COCCOc1ccc(CNCc2cn[nH]c2C)cn1. The molecule has 2 N–H and O–H groups in total. The van der Waals surface area contributed by atoms with Crippen molar-refractivity contribution in [1.29, 1.82) is 0 Å². The molecule has 0 amide bonds. The van der Waals surface area contributed by atoms with Crippen LogP contribution in [-0.2, 0) is 17.8 Å². The summed E-state index contributed by atoms with van der Waals surface area (Å²) >= 11 is 0. The zero-order valence-electron chi connectivity index (χ0n) is 11.8. The number of hydrogen-bond acceptors (Lipinski definition) is 5. The zero-order chi connectivity index (χ0) is 14.2. The van der Waals surface area contributed by atoms with Gasteiger partial charge in [0.05, 0.1) is 12.8 Å². The standard InChI is InChI=1S/C14H20N4O2/c1-11-13(10-17-18-11)9-15-7-12-3-4-14(16-8-12)20-6-5-19-2/h3-4,8,10,15H,5-7,9H2,1-2H3,(H,17,18). The second kappa shape index (κ2) is 7.62. The Morgan fingerprint density at radius 3 is 2.75 bits per heavy atom. The Balaban J connectivity index is 1.74. The molecule has 0 aliphatic carbocycles. The molecule has 2 heterocycles. The maximum Gasteiger partial charge on any atom is 0.213 e. The number of H-pyrrole nitrogens is 1. The molecule has 0 unspecified atom stereocenters. The molecule has 2 aromatic heterocycles. The Morgan fingerprint density at radius 1 is 1.20 bits per heavy atom. The van der Waals surface area contributed by atoms with Gasteiger partial charge in [0.1, 0.15) is 6.61 Å². The van der Waals surface area contributed by atoms with Crippen LogP contribution in [0.15, 0.2) is 24.5 Å². The maximum atomic E-state index is 5.41. The van der Waals surface area contributed by atoms with Crippen LogP contribution in [0.1, 0.15) is 16.8 Å². The van der Waals surface area contributed by atoms with Crippen molar-refractivity contribution in [3.05, 3.63) is 41.3 Å². The van der Waals surface area contributed by atoms with Crippen LogP contribution in [-0.4, -0.2) is 35.5 Å². The predicted octanol–water partition coefficient (Wildman–Crippen LogP) is 1.43. The van der Waals surface area contributed by atoms with Crippen LogP contribution < -0.4 is 10.1 Å². The average molecular weight is 276 g/mol. The molecule has 6 heteroatoms. The highest BCUT2D eigenvalue weighted by atomic mass is 16.5. The largest absolute Gasteiger partial charge is 0.475 e. The first kappa shape index (κ1) is 14.5. The summed E-state index contributed by atoms with van der Waals surface area (Å²) in [7, 11) is 1.65. The molecule has 0 aliphatic heterocycles. The van der Waals surface area contributed by atoms with Gasteiger partial charge in [0, 0.05) is 43.7 Å². The molecule has 0 bridgehead atoms. The number of hydrogen-bond donors (Lipinski definition) is 2. The lowest BCUT2D eigenvalue weighted by atomic mass is 10.2. The number of ether oxygens (including phenoxy) is 2. The van der Waals surface area contributed by atoms with E-state index in [1.165, 1.54) is 5.56 Å². The highest BCUT2D eigenvalue weighted by Crippen LogP contribution is 2.08. The first-order chi connectivity index (χ1) is 9.79. The van der Waals surface area contributed by atoms with Gasteiger partial charge < -0.3 is 14.8 Å². The molecule has 2 aromatic rings. The first-order valence-electron chi connectivity index (χ1n) is 6.56. The van der Waals surface area contributed by atoms with Gasteiger partial charge in [-0.1, -0.05) is 6.07 Å². The molecule has 0 fully saturated rings. The van der Waals surface area contributed by atoms with Gasteiger partial charge in [-0.05, 0) is 12.5 Å². The van der Waals surface area contributed by atoms with E-state index < -0.39 is 0 Å². The van der Waals surface area contributed by atoms with Crippen molar-refractivity contribution in [2.75, 3.05) is 20.3 Å². The maximum absolute atomic E-state index is 5.41. The number of nitrogens with zero attached hydrogens (tertiary/aromatic N) is 2. The third-order valence-corrected chi connectivity index (χ3v) is 2.91. The topological polar surface area (TPSA) is 72.1 Å². The van der Waals surface area contributed by atoms with Gasteiger partial charge >= 0.3 is 0 Å². The van der Waals surface area contributed by atoms with E-state index in [-0.39, 0.29) is 0 Å². The highest BCUT2D eigenvalue weighted by Gasteiger charge is 2.00. The highest BCUT2D eigenvalue weighted by molar-refractivity contribution is 5.18. The number of pyridine rings is 1. The Hall–Kier alpha value is -1.92. The number of rotatable bonds is 8. The monoisotopic (exact) mass is 276 g/mol. The van der Waals surface area contributed by atoms with Crippen LogP contribution in [0.4, 0.5) is 0 Å². The average Bonchev–Trinajstić information content (AvgIpc) is 2.87. The Kier molecular flexibility index (Phi) is 5.52. The lowest BCUT2D eigenvalue weighted by Gasteiger charge is -2.06. The van der Waals surface area contributed by atoms with Crippen LogP contribution >= 0.6 is 0 Å². The second-order valence-electron chi connectivity index (χ2n) is 4.47. The molecule has 108 valence electrons. The lowest BCUT2D eigenvalue weighted by Crippen LogP contribution is -2.13. The summed E-state index contributed by atoms with van der Waals surface area (Å²) in [6.07, 6.45) is 3.66. The van der Waals surface area contributed by atoms with Crippen LogP contribution in [0, 0.1) is 6.92 Å². The first-order valence-corrected chi connectivity index (χ1v) is 6.56. The van der Waals surface area contributed by atoms with Crippen molar-refractivity contribution in [3.8, 4) is 5.88 Å². The van der Waals surface area contributed by atoms with Gasteiger partial charge in [-0.25, -0.2) is 4.98 Å². The van der Waals surface area contributed by atoms with Gasteiger partial charge in [-0.3, -0.25) is 5.10 Å². The molecule has 20 heavy (non-hydrogen) atoms. The van der Waals surface area contributed by atoms with E-state index in [1.54, 1.807) is 7.11 Å². The summed E-state index contributed by atoms with van der Waals surface area (Å²) in [6.45, 7) is 4.64. The predicted molar refractivity (Wildman–Crippen MR) is 75.5 cm³/mol. The van der Waals surface area contributed by atoms with Crippen LogP contribution in [0.25, 0.3) is 0 Å². The number of aromatic amines is 1. The molecule has 0 aliphatic rings. The third kappa shape index (κ3) is 4.32. The van der Waals surface area contributed by atoms with Gasteiger partial charge in [0.25, 0.3) is 0 Å². The third-order valence-electron chi connectivity index (χ3n) is 2.91. The van der Waals surface area contributed by atoms with Crippen molar-refractivity contribution in [3.63, 3.8) is 0 Å². The fraction of sp³-hybridized carbons (Fsp3) is 0.429. The number of nitrogens with one attached hydrogen (secondary N) is 2. The van der Waals surface area contributed by atoms with Crippen molar-refractivity contribution in [1.82, 2.24) is 20.5 Å². The van der Waals surface area contributed by atoms with Crippen LogP contribution in [0.5, 0.6) is 5.88 Å². The van der Waals surface area contributed by atoms with E-state index in [0.717, 1.165) is 24.3 Å². The second-order valence-corrected chi connectivity index (χ2v) is 4.47. The number of aromatic nitrogens is 3. The molecule has 6 nitrogen and oxygen atoms in total. The summed E-state index contributed by atoms with van der Waals surface area (Å²) in [4.78, 5) is 4.25.